The van der Waals surface area contributed by atoms with Crippen molar-refractivity contribution in [2.75, 3.05) is 0 Å². The molecule has 0 spiro atoms. The van der Waals surface area contributed by atoms with Gasteiger partial charge in [-0.05, 0) is 32.4 Å². The largest absolute Gasteiger partial charge is 0.368 e. The Balaban J connectivity index is 2.98. The zero-order valence-electron chi connectivity index (χ0n) is 10.6. The van der Waals surface area contributed by atoms with Crippen LogP contribution >= 0.6 is 11.6 Å². The van der Waals surface area contributed by atoms with Crippen LogP contribution < -0.4 is 11.1 Å². The predicted molar refractivity (Wildman–Crippen MR) is 69.4 cm³/mol. The summed E-state index contributed by atoms with van der Waals surface area (Å²) in [6.07, 6.45) is 0.667. The van der Waals surface area contributed by atoms with E-state index in [2.05, 4.69) is 10.3 Å². The fourth-order valence-electron chi connectivity index (χ4n) is 1.28. The number of hydrogen-bond acceptors (Lipinski definition) is 3. The number of nitrogens with zero attached hydrogens (tertiary/aromatic N) is 1. The van der Waals surface area contributed by atoms with Crippen LogP contribution in [0.1, 0.15) is 36.8 Å². The fourth-order valence-corrected chi connectivity index (χ4v) is 1.51. The predicted octanol–water partition coefficient (Wildman–Crippen LogP) is 1.29. The number of carbonyl (C=O) groups is 2. The SMILES string of the molecule is CCc1cc(C(=O)NC(C)(C)C(N)=O)cc(Cl)n1. The van der Waals surface area contributed by atoms with Crippen LogP contribution in [0.25, 0.3) is 0 Å². The molecule has 3 N–H and O–H groups in total. The van der Waals surface area contributed by atoms with Crippen LogP contribution in [0.15, 0.2) is 12.1 Å². The van der Waals surface area contributed by atoms with Crippen molar-refractivity contribution in [3.05, 3.63) is 28.5 Å². The van der Waals surface area contributed by atoms with Crippen molar-refractivity contribution in [1.29, 1.82) is 0 Å². The molecule has 0 aliphatic heterocycles. The smallest absolute Gasteiger partial charge is 0.252 e. The van der Waals surface area contributed by atoms with Crippen LogP contribution in [0.4, 0.5) is 0 Å². The zero-order valence-corrected chi connectivity index (χ0v) is 11.3. The number of nitrogens with one attached hydrogen (secondary N) is 1. The number of pyridine rings is 1. The quantitative estimate of drug-likeness (QED) is 0.808. The van der Waals surface area contributed by atoms with E-state index in [1.807, 2.05) is 6.92 Å². The Morgan fingerprint density at radius 2 is 2.06 bits per heavy atom. The van der Waals surface area contributed by atoms with Gasteiger partial charge in [-0.2, -0.15) is 0 Å². The Morgan fingerprint density at radius 1 is 1.44 bits per heavy atom. The molecule has 1 aromatic heterocycles. The molecule has 0 aromatic carbocycles. The highest BCUT2D eigenvalue weighted by Gasteiger charge is 2.27. The van der Waals surface area contributed by atoms with Gasteiger partial charge in [-0.1, -0.05) is 18.5 Å². The molecule has 0 saturated carbocycles. The van der Waals surface area contributed by atoms with E-state index in [9.17, 15) is 9.59 Å². The molecule has 5 nitrogen and oxygen atoms in total. The molecule has 0 aliphatic rings. The van der Waals surface area contributed by atoms with Gasteiger partial charge in [-0.15, -0.1) is 0 Å². The Hall–Kier alpha value is -1.62. The first-order valence-corrected chi connectivity index (χ1v) is 5.93. The number of hydrogen-bond donors (Lipinski definition) is 2. The van der Waals surface area contributed by atoms with Crippen molar-refractivity contribution in [3.8, 4) is 0 Å². The normalized spacial score (nSPS) is 11.1. The second-order valence-corrected chi connectivity index (χ2v) is 4.85. The molecule has 98 valence electrons. The highest BCUT2D eigenvalue weighted by Crippen LogP contribution is 2.13. The summed E-state index contributed by atoms with van der Waals surface area (Å²) in [5.41, 5.74) is 5.15. The first-order valence-electron chi connectivity index (χ1n) is 5.55. The summed E-state index contributed by atoms with van der Waals surface area (Å²) < 4.78 is 0. The molecule has 18 heavy (non-hydrogen) atoms. The van der Waals surface area contributed by atoms with Crippen molar-refractivity contribution >= 4 is 23.4 Å². The van der Waals surface area contributed by atoms with Gasteiger partial charge in [-0.3, -0.25) is 9.59 Å². The topological polar surface area (TPSA) is 85.1 Å². The third-order valence-corrected chi connectivity index (χ3v) is 2.71. The van der Waals surface area contributed by atoms with E-state index >= 15 is 0 Å². The van der Waals surface area contributed by atoms with E-state index < -0.39 is 17.4 Å². The van der Waals surface area contributed by atoms with Crippen LogP contribution in [-0.4, -0.2) is 22.3 Å². The third kappa shape index (κ3) is 3.43. The minimum absolute atomic E-state index is 0.247. The average Bonchev–Trinajstić information content (AvgIpc) is 2.27. The Morgan fingerprint density at radius 3 is 2.56 bits per heavy atom. The van der Waals surface area contributed by atoms with Gasteiger partial charge in [-0.25, -0.2) is 4.98 Å². The molecule has 0 atom stereocenters. The number of aromatic nitrogens is 1. The van der Waals surface area contributed by atoms with Crippen LogP contribution in [0.5, 0.6) is 0 Å². The third-order valence-electron chi connectivity index (χ3n) is 2.51. The summed E-state index contributed by atoms with van der Waals surface area (Å²) in [4.78, 5) is 27.2. The van der Waals surface area contributed by atoms with E-state index in [0.717, 1.165) is 0 Å². The summed E-state index contributed by atoms with van der Waals surface area (Å²) in [7, 11) is 0. The number of halogens is 1. The maximum atomic E-state index is 12.0. The summed E-state index contributed by atoms with van der Waals surface area (Å²) >= 11 is 5.82. The van der Waals surface area contributed by atoms with Gasteiger partial charge in [0.2, 0.25) is 5.91 Å². The number of aryl methyl sites for hydroxylation is 1. The van der Waals surface area contributed by atoms with Crippen molar-refractivity contribution in [2.45, 2.75) is 32.7 Å². The molecule has 1 aromatic rings. The molecular formula is C12H16ClN3O2. The molecule has 2 amide bonds. The second kappa shape index (κ2) is 5.35. The summed E-state index contributed by atoms with van der Waals surface area (Å²) in [6, 6.07) is 3.09. The van der Waals surface area contributed by atoms with E-state index in [0.29, 0.717) is 17.7 Å². The number of nitrogens with two attached hydrogens (primary N) is 1. The standard InChI is InChI=1S/C12H16ClN3O2/c1-4-8-5-7(6-9(13)15-8)10(17)16-12(2,3)11(14)18/h5-6H,4H2,1-3H3,(H2,14,18)(H,16,17). The molecule has 0 fully saturated rings. The highest BCUT2D eigenvalue weighted by molar-refractivity contribution is 6.29. The Bertz CT molecular complexity index is 486. The lowest BCUT2D eigenvalue weighted by molar-refractivity contribution is -0.122. The molecule has 0 radical (unpaired) electrons. The zero-order chi connectivity index (χ0) is 13.9. The fraction of sp³-hybridized carbons (Fsp3) is 0.417. The van der Waals surface area contributed by atoms with Gasteiger partial charge in [0.25, 0.3) is 5.91 Å². The van der Waals surface area contributed by atoms with Gasteiger partial charge in [0.1, 0.15) is 10.7 Å². The molecule has 1 rings (SSSR count). The highest BCUT2D eigenvalue weighted by atomic mass is 35.5. The maximum Gasteiger partial charge on any atom is 0.252 e. The maximum absolute atomic E-state index is 12.0. The second-order valence-electron chi connectivity index (χ2n) is 4.47. The number of rotatable bonds is 4. The summed E-state index contributed by atoms with van der Waals surface area (Å²) in [5.74, 6) is -1.01. The number of primary amides is 1. The van der Waals surface area contributed by atoms with E-state index in [-0.39, 0.29) is 5.15 Å². The summed E-state index contributed by atoms with van der Waals surface area (Å²) in [6.45, 7) is 4.99. The molecule has 1 heterocycles. The van der Waals surface area contributed by atoms with Gasteiger partial charge in [0.15, 0.2) is 0 Å². The van der Waals surface area contributed by atoms with Crippen molar-refractivity contribution in [2.24, 2.45) is 5.73 Å². The number of carbonyl (C=O) groups excluding carboxylic acids is 2. The lowest BCUT2D eigenvalue weighted by Crippen LogP contribution is -2.53. The molecule has 0 aliphatic carbocycles. The van der Waals surface area contributed by atoms with Gasteiger partial charge in [0, 0.05) is 11.3 Å². The Labute approximate surface area is 111 Å². The molecular weight excluding hydrogens is 254 g/mol. The Kier molecular flexibility index (Phi) is 4.29. The molecule has 0 unspecified atom stereocenters. The van der Waals surface area contributed by atoms with Gasteiger partial charge in [0.05, 0.1) is 0 Å². The van der Waals surface area contributed by atoms with E-state index in [1.165, 1.54) is 19.9 Å². The van der Waals surface area contributed by atoms with Crippen LogP contribution in [0.2, 0.25) is 5.15 Å². The van der Waals surface area contributed by atoms with Gasteiger partial charge < -0.3 is 11.1 Å². The average molecular weight is 270 g/mol. The lowest BCUT2D eigenvalue weighted by atomic mass is 10.0. The van der Waals surface area contributed by atoms with E-state index in [1.54, 1.807) is 6.07 Å². The minimum atomic E-state index is -1.11. The van der Waals surface area contributed by atoms with Crippen molar-refractivity contribution in [3.63, 3.8) is 0 Å². The van der Waals surface area contributed by atoms with Crippen molar-refractivity contribution < 1.29 is 9.59 Å². The van der Waals surface area contributed by atoms with E-state index in [4.69, 9.17) is 17.3 Å². The monoisotopic (exact) mass is 269 g/mol. The first kappa shape index (κ1) is 14.4. The number of amides is 2. The van der Waals surface area contributed by atoms with Crippen molar-refractivity contribution in [1.82, 2.24) is 10.3 Å². The molecule has 6 heteroatoms. The van der Waals surface area contributed by atoms with Gasteiger partial charge >= 0.3 is 0 Å². The lowest BCUT2D eigenvalue weighted by Gasteiger charge is -2.22. The molecule has 0 bridgehead atoms. The van der Waals surface area contributed by atoms with Crippen LogP contribution in [0.3, 0.4) is 0 Å². The van der Waals surface area contributed by atoms with Crippen LogP contribution in [-0.2, 0) is 11.2 Å². The minimum Gasteiger partial charge on any atom is -0.368 e. The van der Waals surface area contributed by atoms with Crippen LogP contribution in [0, 0.1) is 0 Å². The summed E-state index contributed by atoms with van der Waals surface area (Å²) in [5, 5.41) is 2.80. The molecule has 0 saturated heterocycles. The first-order chi connectivity index (χ1) is 8.26.